The van der Waals surface area contributed by atoms with Crippen LogP contribution in [0.25, 0.3) is 0 Å². The van der Waals surface area contributed by atoms with Gasteiger partial charge in [-0.05, 0) is 25.2 Å². The van der Waals surface area contributed by atoms with E-state index in [1.54, 1.807) is 0 Å². The quantitative estimate of drug-likeness (QED) is 0.0346. The fourth-order valence-corrected chi connectivity index (χ4v) is 7.69. The van der Waals surface area contributed by atoms with Crippen molar-refractivity contribution in [2.75, 3.05) is 13.2 Å². The Balaban J connectivity index is 4.25. The number of carbonyl (C=O) groups excluding carboxylic acids is 3. The molecule has 0 aliphatic carbocycles. The molecular weight excluding hydrogens is 709 g/mol. The smallest absolute Gasteiger partial charge is 0.306 e. The van der Waals surface area contributed by atoms with Gasteiger partial charge in [0, 0.05) is 19.3 Å². The van der Waals surface area contributed by atoms with E-state index in [0.717, 1.165) is 63.7 Å². The van der Waals surface area contributed by atoms with E-state index in [4.69, 9.17) is 14.2 Å². The maximum absolute atomic E-state index is 12.7. The maximum Gasteiger partial charge on any atom is 0.306 e. The maximum atomic E-state index is 12.7. The van der Waals surface area contributed by atoms with Gasteiger partial charge in [0.15, 0.2) is 6.10 Å². The van der Waals surface area contributed by atoms with Gasteiger partial charge in [-0.1, -0.05) is 246 Å². The Hall–Kier alpha value is -1.59. The molecule has 0 rings (SSSR count). The van der Waals surface area contributed by atoms with Gasteiger partial charge in [0.05, 0.1) is 0 Å². The highest BCUT2D eigenvalue weighted by atomic mass is 16.6. The summed E-state index contributed by atoms with van der Waals surface area (Å²) in [5, 5.41) is 0. The lowest BCUT2D eigenvalue weighted by molar-refractivity contribution is -0.167. The van der Waals surface area contributed by atoms with Gasteiger partial charge in [-0.25, -0.2) is 0 Å². The molecule has 0 N–H and O–H groups in total. The molecule has 0 fully saturated rings. The van der Waals surface area contributed by atoms with Crippen LogP contribution in [0.3, 0.4) is 0 Å². The molecule has 0 saturated carbocycles. The molecule has 0 aromatic rings. The molecule has 6 nitrogen and oxygen atoms in total. The highest BCUT2D eigenvalue weighted by Crippen LogP contribution is 2.17. The van der Waals surface area contributed by atoms with E-state index in [1.165, 1.54) is 180 Å². The molecule has 0 bridgehead atoms. The second-order valence-electron chi connectivity index (χ2n) is 17.9. The molecule has 0 aromatic heterocycles. The van der Waals surface area contributed by atoms with Gasteiger partial charge >= 0.3 is 17.9 Å². The van der Waals surface area contributed by atoms with Crippen molar-refractivity contribution in [1.29, 1.82) is 0 Å². The van der Waals surface area contributed by atoms with Crippen molar-refractivity contribution < 1.29 is 28.6 Å². The van der Waals surface area contributed by atoms with Gasteiger partial charge < -0.3 is 14.2 Å². The van der Waals surface area contributed by atoms with Crippen molar-refractivity contribution in [3.05, 3.63) is 0 Å². The van der Waals surface area contributed by atoms with Gasteiger partial charge in [-0.2, -0.15) is 0 Å². The van der Waals surface area contributed by atoms with Crippen LogP contribution in [0.2, 0.25) is 0 Å². The van der Waals surface area contributed by atoms with E-state index in [2.05, 4.69) is 27.7 Å². The van der Waals surface area contributed by atoms with Crippen LogP contribution in [-0.4, -0.2) is 37.2 Å². The highest BCUT2D eigenvalue weighted by molar-refractivity contribution is 5.71. The summed E-state index contributed by atoms with van der Waals surface area (Å²) in [6.45, 7) is 9.02. The molecule has 57 heavy (non-hydrogen) atoms. The molecule has 6 heteroatoms. The molecule has 0 heterocycles. The number of esters is 3. The minimum atomic E-state index is -0.759. The lowest BCUT2D eigenvalue weighted by Crippen LogP contribution is -2.30. The van der Waals surface area contributed by atoms with Crippen molar-refractivity contribution in [3.8, 4) is 0 Å². The summed E-state index contributed by atoms with van der Waals surface area (Å²) in [4.78, 5) is 37.8. The first-order chi connectivity index (χ1) is 27.9. The Morgan fingerprint density at radius 3 is 0.860 bits per heavy atom. The number of rotatable bonds is 46. The predicted molar refractivity (Wildman–Crippen MR) is 243 cm³/mol. The minimum absolute atomic E-state index is 0.0629. The summed E-state index contributed by atoms with van der Waals surface area (Å²) < 4.78 is 16.8. The molecule has 0 spiro atoms. The van der Waals surface area contributed by atoms with E-state index >= 15 is 0 Å². The highest BCUT2D eigenvalue weighted by Gasteiger charge is 2.19. The average molecular weight is 807 g/mol. The summed E-state index contributed by atoms with van der Waals surface area (Å²) in [6.07, 6.45) is 46.6. The topological polar surface area (TPSA) is 78.9 Å². The molecular formula is C51H98O6. The Kier molecular flexibility index (Phi) is 44.2. The summed E-state index contributed by atoms with van der Waals surface area (Å²) in [5.41, 5.74) is 0. The fraction of sp³-hybridized carbons (Fsp3) is 0.941. The molecule has 0 saturated heterocycles. The third kappa shape index (κ3) is 45.3. The Labute approximate surface area is 355 Å². The van der Waals surface area contributed by atoms with Crippen LogP contribution in [0.4, 0.5) is 0 Å². The molecule has 0 aliphatic heterocycles. The molecule has 1 atom stereocenters. The lowest BCUT2D eigenvalue weighted by atomic mass is 10.0. The molecule has 0 radical (unpaired) electrons. The number of unbranched alkanes of at least 4 members (excludes halogenated alkanes) is 33. The second kappa shape index (κ2) is 45.5. The van der Waals surface area contributed by atoms with E-state index in [1.807, 2.05) is 0 Å². The van der Waals surface area contributed by atoms with Crippen LogP contribution in [0, 0.1) is 5.92 Å². The normalized spacial score (nSPS) is 11.9. The molecule has 0 amide bonds. The van der Waals surface area contributed by atoms with Gasteiger partial charge in [0.2, 0.25) is 0 Å². The van der Waals surface area contributed by atoms with Crippen molar-refractivity contribution in [1.82, 2.24) is 0 Å². The zero-order valence-electron chi connectivity index (χ0n) is 38.8. The van der Waals surface area contributed by atoms with Crippen LogP contribution >= 0.6 is 0 Å². The zero-order chi connectivity index (χ0) is 41.7. The largest absolute Gasteiger partial charge is 0.462 e. The number of hydrogen-bond donors (Lipinski definition) is 0. The average Bonchev–Trinajstić information content (AvgIpc) is 3.19. The second-order valence-corrected chi connectivity index (χ2v) is 17.9. The molecule has 0 aliphatic rings. The lowest BCUT2D eigenvalue weighted by Gasteiger charge is -2.18. The van der Waals surface area contributed by atoms with Gasteiger partial charge in [0.25, 0.3) is 0 Å². The van der Waals surface area contributed by atoms with E-state index in [0.29, 0.717) is 19.3 Å². The first-order valence-electron chi connectivity index (χ1n) is 25.4. The van der Waals surface area contributed by atoms with Crippen LogP contribution < -0.4 is 0 Å². The van der Waals surface area contributed by atoms with E-state index in [-0.39, 0.29) is 31.1 Å². The van der Waals surface area contributed by atoms with Crippen LogP contribution in [0.15, 0.2) is 0 Å². The summed E-state index contributed by atoms with van der Waals surface area (Å²) in [6, 6.07) is 0. The van der Waals surface area contributed by atoms with Crippen molar-refractivity contribution in [3.63, 3.8) is 0 Å². The Bertz CT molecular complexity index is 857. The van der Waals surface area contributed by atoms with Crippen LogP contribution in [0.1, 0.15) is 285 Å². The third-order valence-electron chi connectivity index (χ3n) is 11.5. The Morgan fingerprint density at radius 1 is 0.333 bits per heavy atom. The van der Waals surface area contributed by atoms with Crippen LogP contribution in [0.5, 0.6) is 0 Å². The van der Waals surface area contributed by atoms with Gasteiger partial charge in [-0.3, -0.25) is 14.4 Å². The van der Waals surface area contributed by atoms with Crippen molar-refractivity contribution in [2.45, 2.75) is 291 Å². The molecule has 338 valence electrons. The van der Waals surface area contributed by atoms with Crippen molar-refractivity contribution >= 4 is 17.9 Å². The number of hydrogen-bond acceptors (Lipinski definition) is 6. The van der Waals surface area contributed by atoms with Crippen molar-refractivity contribution in [2.24, 2.45) is 5.92 Å². The van der Waals surface area contributed by atoms with E-state index in [9.17, 15) is 14.4 Å². The Morgan fingerprint density at radius 2 is 0.579 bits per heavy atom. The molecule has 0 unspecified atom stereocenters. The monoisotopic (exact) mass is 807 g/mol. The first kappa shape index (κ1) is 55.4. The summed E-state index contributed by atoms with van der Waals surface area (Å²) in [5.74, 6) is -0.00236. The summed E-state index contributed by atoms with van der Waals surface area (Å²) >= 11 is 0. The molecule has 0 aromatic carbocycles. The predicted octanol–water partition coefficient (Wildman–Crippen LogP) is 16.3. The summed E-state index contributed by atoms with van der Waals surface area (Å²) in [7, 11) is 0. The first-order valence-corrected chi connectivity index (χ1v) is 25.4. The van der Waals surface area contributed by atoms with E-state index < -0.39 is 6.10 Å². The van der Waals surface area contributed by atoms with Gasteiger partial charge in [0.1, 0.15) is 13.2 Å². The van der Waals surface area contributed by atoms with Crippen LogP contribution in [-0.2, 0) is 28.6 Å². The minimum Gasteiger partial charge on any atom is -0.462 e. The fourth-order valence-electron chi connectivity index (χ4n) is 7.69. The number of ether oxygens (including phenoxy) is 3. The third-order valence-corrected chi connectivity index (χ3v) is 11.5. The van der Waals surface area contributed by atoms with Gasteiger partial charge in [-0.15, -0.1) is 0 Å². The SMILES string of the molecule is CCCCCCCCCCCCCCC(=O)OC[C@@H](COC(=O)CCCCCCCCCCCCCCCCC(C)C)OC(=O)CCCCCCCCCCCC. The standard InChI is InChI=1S/C51H98O6/c1-5-7-9-11-13-15-17-23-27-30-34-38-42-49(52)55-45-48(57-51(54)44-40-36-32-26-16-14-12-10-8-6-2)46-56-50(53)43-39-35-31-28-24-21-19-18-20-22-25-29-33-37-41-47(3)4/h47-48H,5-46H2,1-4H3/t48-/m0/s1. The zero-order valence-corrected chi connectivity index (χ0v) is 38.8. The number of carbonyl (C=O) groups is 3.